The van der Waals surface area contributed by atoms with Gasteiger partial charge in [0.2, 0.25) is 5.91 Å². The van der Waals surface area contributed by atoms with Gasteiger partial charge < -0.3 is 34.9 Å². The maximum Gasteiger partial charge on any atom is 0.264 e. The van der Waals surface area contributed by atoms with Crippen LogP contribution in [0, 0.1) is 5.92 Å². The van der Waals surface area contributed by atoms with Crippen molar-refractivity contribution in [1.29, 1.82) is 0 Å². The minimum atomic E-state index is -2.77. The predicted octanol–water partition coefficient (Wildman–Crippen LogP) is 3.11. The van der Waals surface area contributed by atoms with Crippen molar-refractivity contribution in [3.05, 3.63) is 53.6 Å². The lowest BCUT2D eigenvalue weighted by Crippen LogP contribution is -2.46. The number of carbonyl (C=O) groups is 2. The summed E-state index contributed by atoms with van der Waals surface area (Å²) >= 11 is 0. The van der Waals surface area contributed by atoms with E-state index in [0.717, 1.165) is 36.2 Å². The van der Waals surface area contributed by atoms with E-state index in [1.807, 2.05) is 62.5 Å². The Labute approximate surface area is 230 Å². The molecular formula is C29H39N3O6Si. The van der Waals surface area contributed by atoms with Gasteiger partial charge in [0.05, 0.1) is 31.5 Å². The molecule has 0 radical (unpaired) electrons. The molecular weight excluding hydrogens is 514 g/mol. The second-order valence-electron chi connectivity index (χ2n) is 11.5. The molecule has 2 aromatic carbocycles. The van der Waals surface area contributed by atoms with Crippen molar-refractivity contribution in [1.82, 2.24) is 5.32 Å². The van der Waals surface area contributed by atoms with Gasteiger partial charge >= 0.3 is 0 Å². The summed E-state index contributed by atoms with van der Waals surface area (Å²) in [5, 5.41) is 16.0. The van der Waals surface area contributed by atoms with E-state index in [-0.39, 0.29) is 42.5 Å². The van der Waals surface area contributed by atoms with Gasteiger partial charge in [-0.3, -0.25) is 9.59 Å². The number of nitrogens with zero attached hydrogens (tertiary/aromatic N) is 1. The van der Waals surface area contributed by atoms with E-state index in [0.29, 0.717) is 17.9 Å². The molecule has 4 N–H and O–H groups in total. The lowest BCUT2D eigenvalue weighted by Gasteiger charge is -2.32. The Morgan fingerprint density at radius 2 is 2.08 bits per heavy atom. The van der Waals surface area contributed by atoms with E-state index < -0.39 is 20.0 Å². The lowest BCUT2D eigenvalue weighted by atomic mass is 9.82. The van der Waals surface area contributed by atoms with Gasteiger partial charge in [-0.1, -0.05) is 19.1 Å². The smallest absolute Gasteiger partial charge is 0.264 e. The van der Waals surface area contributed by atoms with Crippen LogP contribution in [0.15, 0.2) is 42.5 Å². The molecule has 2 saturated heterocycles. The zero-order valence-electron chi connectivity index (χ0n) is 23.1. The minimum absolute atomic E-state index is 0.0526. The molecule has 2 amide bonds. The molecule has 210 valence electrons. The first-order valence-corrected chi connectivity index (χ1v) is 16.8. The highest BCUT2D eigenvalue weighted by molar-refractivity contribution is 6.71. The van der Waals surface area contributed by atoms with Crippen molar-refractivity contribution in [2.45, 2.75) is 69.1 Å². The van der Waals surface area contributed by atoms with Crippen LogP contribution in [0.1, 0.15) is 37.3 Å². The second kappa shape index (κ2) is 10.7. The number of anilines is 2. The summed E-state index contributed by atoms with van der Waals surface area (Å²) in [6.07, 6.45) is 1.71. The highest BCUT2D eigenvalue weighted by atomic mass is 28.4. The molecule has 2 aromatic rings. The Bertz CT molecular complexity index is 1240. The summed E-state index contributed by atoms with van der Waals surface area (Å²) in [6.45, 7) is 6.75. The number of carbonyl (C=O) groups excluding carboxylic acids is 2. The number of methoxy groups -OCH3 is 1. The fraction of sp³-hybridized carbons (Fsp3) is 0.517. The van der Waals surface area contributed by atoms with Crippen LogP contribution in [0.2, 0.25) is 18.6 Å². The van der Waals surface area contributed by atoms with Gasteiger partial charge in [-0.05, 0) is 74.8 Å². The van der Waals surface area contributed by atoms with Crippen LogP contribution in [-0.4, -0.2) is 62.4 Å². The van der Waals surface area contributed by atoms with Crippen molar-refractivity contribution in [3.8, 4) is 5.75 Å². The highest BCUT2D eigenvalue weighted by Gasteiger charge is 2.66. The van der Waals surface area contributed by atoms with Crippen molar-refractivity contribution in [2.24, 2.45) is 5.92 Å². The molecule has 3 heterocycles. The predicted molar refractivity (Wildman–Crippen MR) is 151 cm³/mol. The zero-order chi connectivity index (χ0) is 27.9. The largest absolute Gasteiger partial charge is 0.497 e. The third kappa shape index (κ3) is 4.89. The van der Waals surface area contributed by atoms with Gasteiger partial charge in [0.15, 0.2) is 13.9 Å². The van der Waals surface area contributed by atoms with Crippen molar-refractivity contribution < 1.29 is 29.0 Å². The maximum atomic E-state index is 14.4. The number of hydrogen-bond donors (Lipinski definition) is 4. The SMILES string of the molecule is COc1ccc2c(c1)[C@]1(O[C@@H](CCO)[C@H]([Si](C)(C)O)[C@H]1C)C(=O)N2Cc1cccc(NC(=O)[C@H]2CCCN2)c1. The first-order valence-electron chi connectivity index (χ1n) is 13.7. The Kier molecular flexibility index (Phi) is 7.60. The maximum absolute atomic E-state index is 14.4. The van der Waals surface area contributed by atoms with Crippen LogP contribution >= 0.6 is 0 Å². The van der Waals surface area contributed by atoms with E-state index in [1.54, 1.807) is 12.0 Å². The number of aliphatic hydroxyl groups is 1. The molecule has 5 atom stereocenters. The van der Waals surface area contributed by atoms with Gasteiger partial charge in [-0.15, -0.1) is 0 Å². The molecule has 3 aliphatic rings. The number of nitrogens with one attached hydrogen (secondary N) is 2. The average molecular weight is 554 g/mol. The molecule has 1 spiro atoms. The monoisotopic (exact) mass is 553 g/mol. The molecule has 0 aromatic heterocycles. The van der Waals surface area contributed by atoms with Crippen LogP contribution in [0.25, 0.3) is 0 Å². The van der Waals surface area contributed by atoms with Crippen LogP contribution in [0.3, 0.4) is 0 Å². The molecule has 0 saturated carbocycles. The first kappa shape index (κ1) is 27.8. The summed E-state index contributed by atoms with van der Waals surface area (Å²) in [7, 11) is -1.18. The van der Waals surface area contributed by atoms with Crippen molar-refractivity contribution in [2.75, 3.05) is 30.5 Å². The van der Waals surface area contributed by atoms with Crippen LogP contribution in [0.5, 0.6) is 5.75 Å². The average Bonchev–Trinajstić information content (AvgIpc) is 3.59. The number of benzene rings is 2. The molecule has 3 aliphatic heterocycles. The standard InChI is InChI=1S/C29H39N3O6Si/c1-18-26(39(3,4)36)25(12-14-33)38-29(18)22-16-21(37-2)10-11-24(22)32(28(29)35)17-19-7-5-8-20(15-19)31-27(34)23-9-6-13-30-23/h5,7-8,10-11,15-16,18,23,25-26,30,33,36H,6,9,12-14,17H2,1-4H3,(H,31,34)/t18-,23-,25+,26-,29+/m1/s1. The van der Waals surface area contributed by atoms with E-state index in [2.05, 4.69) is 10.6 Å². The topological polar surface area (TPSA) is 120 Å². The number of amides is 2. The zero-order valence-corrected chi connectivity index (χ0v) is 24.1. The van der Waals surface area contributed by atoms with Crippen LogP contribution in [-0.2, 0) is 26.5 Å². The number of rotatable bonds is 8. The quantitative estimate of drug-likeness (QED) is 0.371. The van der Waals surface area contributed by atoms with Crippen molar-refractivity contribution >= 4 is 31.5 Å². The first-order chi connectivity index (χ1) is 18.6. The number of hydrogen-bond acceptors (Lipinski definition) is 7. The van der Waals surface area contributed by atoms with E-state index >= 15 is 0 Å². The van der Waals surface area contributed by atoms with E-state index in [4.69, 9.17) is 9.47 Å². The van der Waals surface area contributed by atoms with Gasteiger partial charge in [0.25, 0.3) is 5.91 Å². The highest BCUT2D eigenvalue weighted by Crippen LogP contribution is 2.60. The summed E-state index contributed by atoms with van der Waals surface area (Å²) in [6, 6.07) is 12.9. The van der Waals surface area contributed by atoms with E-state index in [9.17, 15) is 19.5 Å². The third-order valence-corrected chi connectivity index (χ3v) is 11.0. The third-order valence-electron chi connectivity index (χ3n) is 8.52. The fourth-order valence-electron chi connectivity index (χ4n) is 6.81. The molecule has 0 bridgehead atoms. The second-order valence-corrected chi connectivity index (χ2v) is 15.5. The van der Waals surface area contributed by atoms with Gasteiger partial charge in [0.1, 0.15) is 5.75 Å². The van der Waals surface area contributed by atoms with Gasteiger partial charge in [-0.2, -0.15) is 0 Å². The van der Waals surface area contributed by atoms with E-state index in [1.165, 1.54) is 0 Å². The Morgan fingerprint density at radius 3 is 2.74 bits per heavy atom. The molecule has 5 rings (SSSR count). The fourth-order valence-corrected chi connectivity index (χ4v) is 9.41. The lowest BCUT2D eigenvalue weighted by molar-refractivity contribution is -0.146. The summed E-state index contributed by atoms with van der Waals surface area (Å²) in [5.74, 6) is 0.0647. The Hall–Kier alpha value is -2.76. The molecule has 39 heavy (non-hydrogen) atoms. The Morgan fingerprint density at radius 1 is 1.28 bits per heavy atom. The summed E-state index contributed by atoms with van der Waals surface area (Å²) in [5.41, 5.74) is 1.48. The Balaban J connectivity index is 1.49. The number of fused-ring (bicyclic) bond motifs is 2. The minimum Gasteiger partial charge on any atom is -0.497 e. The normalized spacial score (nSPS) is 28.3. The molecule has 9 nitrogen and oxygen atoms in total. The van der Waals surface area contributed by atoms with Gasteiger partial charge in [0, 0.05) is 29.3 Å². The van der Waals surface area contributed by atoms with Crippen LogP contribution in [0.4, 0.5) is 11.4 Å². The van der Waals surface area contributed by atoms with Crippen molar-refractivity contribution in [3.63, 3.8) is 0 Å². The molecule has 10 heteroatoms. The number of aliphatic hydroxyl groups excluding tert-OH is 1. The van der Waals surface area contributed by atoms with Gasteiger partial charge in [-0.25, -0.2) is 0 Å². The summed E-state index contributed by atoms with van der Waals surface area (Å²) in [4.78, 5) is 40.0. The summed E-state index contributed by atoms with van der Waals surface area (Å²) < 4.78 is 12.2. The molecule has 0 unspecified atom stereocenters. The molecule has 0 aliphatic carbocycles. The van der Waals surface area contributed by atoms with Crippen LogP contribution < -0.4 is 20.3 Å². The molecule has 2 fully saturated rings. The number of ether oxygens (including phenoxy) is 2.